The molecule has 0 saturated carbocycles. The molecule has 2 aromatic carbocycles. The number of quaternary nitrogens is 1. The summed E-state index contributed by atoms with van der Waals surface area (Å²) in [4.78, 5) is 36.5. The third kappa shape index (κ3) is 6.06. The Kier molecular flexibility index (Phi) is 7.95. The van der Waals surface area contributed by atoms with Crippen LogP contribution in [0.15, 0.2) is 42.5 Å². The molecule has 1 unspecified atom stereocenters. The largest absolute Gasteiger partial charge is 0.450 e. The molecule has 0 aliphatic heterocycles. The number of likely N-dealkylation sites (N-methyl/N-ethyl adjacent to an activating group) is 1. The molecule has 0 radical (unpaired) electrons. The topological polar surface area (TPSA) is 88.9 Å². The molecule has 0 bridgehead atoms. The molecule has 7 nitrogen and oxygen atoms in total. The molecule has 0 fully saturated rings. The van der Waals surface area contributed by atoms with Gasteiger partial charge in [0.1, 0.15) is 0 Å². The van der Waals surface area contributed by atoms with Gasteiger partial charge in [-0.15, -0.1) is 0 Å². The first-order chi connectivity index (χ1) is 13.4. The van der Waals surface area contributed by atoms with Gasteiger partial charge in [-0.3, -0.25) is 14.9 Å². The van der Waals surface area contributed by atoms with E-state index in [2.05, 4.69) is 15.4 Å². The van der Waals surface area contributed by atoms with Crippen molar-refractivity contribution in [2.75, 3.05) is 26.2 Å². The van der Waals surface area contributed by atoms with E-state index in [1.54, 1.807) is 6.92 Å². The number of amides is 3. The first-order valence-electron chi connectivity index (χ1n) is 9.51. The van der Waals surface area contributed by atoms with Gasteiger partial charge in [0.15, 0.2) is 13.1 Å². The van der Waals surface area contributed by atoms with E-state index in [-0.39, 0.29) is 31.6 Å². The molecular formula is C21H28N3O4+. The van der Waals surface area contributed by atoms with Crippen molar-refractivity contribution in [1.82, 2.24) is 10.6 Å². The normalized spacial score (nSPS) is 12.8. The summed E-state index contributed by atoms with van der Waals surface area (Å²) in [5.41, 5.74) is 1.05. The Bertz CT molecular complexity index is 832. The molecular weight excluding hydrogens is 358 g/mol. The number of nitrogens with one attached hydrogen (secondary N) is 3. The molecule has 0 saturated heterocycles. The molecule has 28 heavy (non-hydrogen) atoms. The van der Waals surface area contributed by atoms with Crippen molar-refractivity contribution in [2.24, 2.45) is 0 Å². The Hall–Kier alpha value is -2.93. The second-order valence-corrected chi connectivity index (χ2v) is 6.58. The van der Waals surface area contributed by atoms with Gasteiger partial charge in [0.2, 0.25) is 0 Å². The van der Waals surface area contributed by atoms with Crippen molar-refractivity contribution < 1.29 is 24.0 Å². The number of alkyl carbamates (subject to hydrolysis) is 1. The molecule has 0 aromatic heterocycles. The Morgan fingerprint density at radius 2 is 1.68 bits per heavy atom. The number of carbonyl (C=O) groups is 3. The van der Waals surface area contributed by atoms with Gasteiger partial charge >= 0.3 is 6.09 Å². The molecule has 0 aliphatic rings. The first kappa shape index (κ1) is 21.4. The lowest BCUT2D eigenvalue weighted by Gasteiger charge is -2.20. The van der Waals surface area contributed by atoms with Crippen LogP contribution in [0.25, 0.3) is 10.8 Å². The average Bonchev–Trinajstić information content (AvgIpc) is 2.66. The van der Waals surface area contributed by atoms with Crippen LogP contribution in [0.4, 0.5) is 4.79 Å². The molecule has 2 aromatic rings. The molecule has 3 N–H and O–H groups in total. The summed E-state index contributed by atoms with van der Waals surface area (Å²) in [6.45, 7) is 6.42. The smallest absolute Gasteiger partial charge is 0.414 e. The van der Waals surface area contributed by atoms with E-state index in [1.165, 1.54) is 0 Å². The van der Waals surface area contributed by atoms with E-state index >= 15 is 0 Å². The number of hydrogen-bond acceptors (Lipinski definition) is 4. The van der Waals surface area contributed by atoms with Gasteiger partial charge in [-0.1, -0.05) is 42.5 Å². The van der Waals surface area contributed by atoms with Crippen LogP contribution in [0.3, 0.4) is 0 Å². The average molecular weight is 386 g/mol. The zero-order valence-electron chi connectivity index (χ0n) is 16.6. The van der Waals surface area contributed by atoms with Gasteiger partial charge in [0, 0.05) is 0 Å². The molecule has 3 amide bonds. The molecule has 150 valence electrons. The highest BCUT2D eigenvalue weighted by molar-refractivity contribution is 5.92. The van der Waals surface area contributed by atoms with Crippen LogP contribution < -0.4 is 15.5 Å². The van der Waals surface area contributed by atoms with Gasteiger partial charge in [-0.2, -0.15) is 0 Å². The lowest BCUT2D eigenvalue weighted by molar-refractivity contribution is -0.881. The van der Waals surface area contributed by atoms with Crippen molar-refractivity contribution in [3.8, 4) is 0 Å². The van der Waals surface area contributed by atoms with Gasteiger partial charge in [-0.05, 0) is 37.1 Å². The molecule has 0 heterocycles. The molecule has 2 rings (SSSR count). The van der Waals surface area contributed by atoms with Crippen LogP contribution in [0.1, 0.15) is 32.4 Å². The van der Waals surface area contributed by atoms with Crippen molar-refractivity contribution in [1.29, 1.82) is 0 Å². The standard InChI is InChI=1S/C21H27N3O4/c1-4-24(14-20(26)23-21(27)28-5-2)13-19(25)22-15(3)17-12-8-10-16-9-6-7-11-18(16)17/h6-12,15H,4-5,13-14H2,1-3H3,(H,22,25)(H,23,26,27)/p+1/t15-/m1/s1. The Balaban J connectivity index is 1.94. The minimum absolute atomic E-state index is 0.0192. The summed E-state index contributed by atoms with van der Waals surface area (Å²) in [6, 6.07) is 13.9. The van der Waals surface area contributed by atoms with Crippen molar-refractivity contribution in [2.45, 2.75) is 26.8 Å². The van der Waals surface area contributed by atoms with Crippen LogP contribution in [-0.4, -0.2) is 44.1 Å². The minimum atomic E-state index is -0.767. The maximum absolute atomic E-state index is 12.5. The lowest BCUT2D eigenvalue weighted by atomic mass is 10.00. The zero-order valence-corrected chi connectivity index (χ0v) is 16.6. The molecule has 0 aliphatic carbocycles. The summed E-state index contributed by atoms with van der Waals surface area (Å²) in [5.74, 6) is -0.619. The summed E-state index contributed by atoms with van der Waals surface area (Å²) >= 11 is 0. The summed E-state index contributed by atoms with van der Waals surface area (Å²) in [6.07, 6.45) is -0.767. The Labute approximate surface area is 165 Å². The van der Waals surface area contributed by atoms with Gasteiger partial charge in [0.25, 0.3) is 11.8 Å². The number of ether oxygens (including phenoxy) is 1. The van der Waals surface area contributed by atoms with E-state index in [1.807, 2.05) is 56.3 Å². The van der Waals surface area contributed by atoms with Gasteiger partial charge in [-0.25, -0.2) is 4.79 Å². The number of imide groups is 1. The van der Waals surface area contributed by atoms with E-state index in [0.717, 1.165) is 21.2 Å². The first-order valence-corrected chi connectivity index (χ1v) is 9.51. The quantitative estimate of drug-likeness (QED) is 0.636. The van der Waals surface area contributed by atoms with Crippen LogP contribution >= 0.6 is 0 Å². The highest BCUT2D eigenvalue weighted by atomic mass is 16.5. The third-order valence-corrected chi connectivity index (χ3v) is 4.51. The monoisotopic (exact) mass is 386 g/mol. The molecule has 7 heteroatoms. The molecule has 2 atom stereocenters. The summed E-state index contributed by atoms with van der Waals surface area (Å²) in [5, 5.41) is 7.38. The van der Waals surface area contributed by atoms with Crippen LogP contribution in [0.2, 0.25) is 0 Å². The number of hydrogen-bond donors (Lipinski definition) is 3. The van der Waals surface area contributed by atoms with E-state index in [9.17, 15) is 14.4 Å². The SMILES string of the molecule is CCOC(=O)NC(=O)C[NH+](CC)CC(=O)N[C@H](C)c1cccc2ccccc12. The van der Waals surface area contributed by atoms with E-state index in [4.69, 9.17) is 0 Å². The number of rotatable bonds is 8. The van der Waals surface area contributed by atoms with Gasteiger partial charge in [0.05, 0.1) is 19.2 Å². The molecule has 0 spiro atoms. The highest BCUT2D eigenvalue weighted by Crippen LogP contribution is 2.23. The number of fused-ring (bicyclic) bond motifs is 1. The van der Waals surface area contributed by atoms with E-state index in [0.29, 0.717) is 6.54 Å². The number of benzene rings is 2. The predicted octanol–water partition coefficient (Wildman–Crippen LogP) is 1.19. The second kappa shape index (κ2) is 10.4. The van der Waals surface area contributed by atoms with Crippen molar-refractivity contribution in [3.63, 3.8) is 0 Å². The maximum Gasteiger partial charge on any atom is 0.414 e. The fraction of sp³-hybridized carbons (Fsp3) is 0.381. The van der Waals surface area contributed by atoms with E-state index < -0.39 is 12.0 Å². The summed E-state index contributed by atoms with van der Waals surface area (Å²) < 4.78 is 4.69. The maximum atomic E-state index is 12.5. The van der Waals surface area contributed by atoms with Crippen LogP contribution in [-0.2, 0) is 14.3 Å². The Morgan fingerprint density at radius 3 is 2.39 bits per heavy atom. The van der Waals surface area contributed by atoms with Crippen molar-refractivity contribution in [3.05, 3.63) is 48.0 Å². The predicted molar refractivity (Wildman–Crippen MR) is 107 cm³/mol. The Morgan fingerprint density at radius 1 is 1.00 bits per heavy atom. The van der Waals surface area contributed by atoms with Gasteiger partial charge < -0.3 is 15.0 Å². The second-order valence-electron chi connectivity index (χ2n) is 6.58. The fourth-order valence-corrected chi connectivity index (χ4v) is 3.09. The van der Waals surface area contributed by atoms with Crippen molar-refractivity contribution >= 4 is 28.7 Å². The minimum Gasteiger partial charge on any atom is -0.450 e. The number of carbonyl (C=O) groups excluding carboxylic acids is 3. The zero-order chi connectivity index (χ0) is 20.5. The summed E-state index contributed by atoms with van der Waals surface area (Å²) in [7, 11) is 0. The highest BCUT2D eigenvalue weighted by Gasteiger charge is 2.20. The lowest BCUT2D eigenvalue weighted by Crippen LogP contribution is -3.14. The van der Waals surface area contributed by atoms with Crippen LogP contribution in [0.5, 0.6) is 0 Å². The fourth-order valence-electron chi connectivity index (χ4n) is 3.09. The van der Waals surface area contributed by atoms with Crippen LogP contribution in [0, 0.1) is 0 Å². The third-order valence-electron chi connectivity index (χ3n) is 4.51.